The van der Waals surface area contributed by atoms with E-state index in [1.165, 1.54) is 6.92 Å². The summed E-state index contributed by atoms with van der Waals surface area (Å²) in [6, 6.07) is -1.07. The monoisotopic (exact) mass is 218 g/mol. The van der Waals surface area contributed by atoms with Gasteiger partial charge in [-0.3, -0.25) is 14.3 Å². The molecule has 1 aromatic heterocycles. The minimum Gasteiger partial charge on any atom is -0.480 e. The predicted octanol–water partition coefficient (Wildman–Crippen LogP) is -0.164. The molecule has 1 heterocycles. The van der Waals surface area contributed by atoms with Crippen LogP contribution in [0.2, 0.25) is 5.02 Å². The van der Waals surface area contributed by atoms with Gasteiger partial charge in [0, 0.05) is 6.20 Å². The molecule has 0 aliphatic rings. The number of carboxylic acid groups (broad SMARTS) is 1. The summed E-state index contributed by atoms with van der Waals surface area (Å²) in [5.41, 5.74) is -1.53. The van der Waals surface area contributed by atoms with E-state index in [9.17, 15) is 14.4 Å². The maximum Gasteiger partial charge on any atom is 0.329 e. The molecule has 0 aliphatic carbocycles. The Kier molecular flexibility index (Phi) is 2.76. The molecule has 0 spiro atoms. The van der Waals surface area contributed by atoms with Gasteiger partial charge in [0.25, 0.3) is 5.56 Å². The summed E-state index contributed by atoms with van der Waals surface area (Å²) in [5.74, 6) is -1.18. The number of rotatable bonds is 2. The summed E-state index contributed by atoms with van der Waals surface area (Å²) in [4.78, 5) is 34.4. The van der Waals surface area contributed by atoms with Crippen LogP contribution in [0.1, 0.15) is 13.0 Å². The lowest BCUT2D eigenvalue weighted by atomic mass is 10.3. The van der Waals surface area contributed by atoms with Crippen molar-refractivity contribution in [1.29, 1.82) is 0 Å². The Morgan fingerprint density at radius 3 is 2.71 bits per heavy atom. The molecule has 0 saturated carbocycles. The van der Waals surface area contributed by atoms with E-state index in [1.807, 2.05) is 4.98 Å². The van der Waals surface area contributed by atoms with Gasteiger partial charge in [0.15, 0.2) is 0 Å². The number of carboxylic acids is 1. The average Bonchev–Trinajstić information content (AvgIpc) is 2.10. The summed E-state index contributed by atoms with van der Waals surface area (Å²) in [5, 5.41) is 8.40. The molecule has 1 rings (SSSR count). The van der Waals surface area contributed by atoms with Crippen molar-refractivity contribution in [3.63, 3.8) is 0 Å². The third kappa shape index (κ3) is 1.85. The van der Waals surface area contributed by atoms with Crippen molar-refractivity contribution in [3.8, 4) is 0 Å². The Labute approximate surface area is 82.8 Å². The first-order valence-corrected chi connectivity index (χ1v) is 4.05. The van der Waals surface area contributed by atoms with Gasteiger partial charge >= 0.3 is 11.7 Å². The van der Waals surface area contributed by atoms with Crippen LogP contribution in [0, 0.1) is 0 Å². The van der Waals surface area contributed by atoms with Gasteiger partial charge in [0.05, 0.1) is 0 Å². The zero-order valence-electron chi connectivity index (χ0n) is 7.15. The number of nitrogens with one attached hydrogen (secondary N) is 1. The van der Waals surface area contributed by atoms with E-state index in [1.54, 1.807) is 0 Å². The summed E-state index contributed by atoms with van der Waals surface area (Å²) in [7, 11) is 0. The minimum absolute atomic E-state index is 0.224. The molecule has 0 bridgehead atoms. The van der Waals surface area contributed by atoms with Gasteiger partial charge in [0.1, 0.15) is 11.1 Å². The predicted molar refractivity (Wildman–Crippen MR) is 48.7 cm³/mol. The number of aliphatic carboxylic acids is 1. The highest BCUT2D eigenvalue weighted by molar-refractivity contribution is 6.30. The summed E-state index contributed by atoms with van der Waals surface area (Å²) < 4.78 is 0.839. The Morgan fingerprint density at radius 2 is 2.21 bits per heavy atom. The van der Waals surface area contributed by atoms with E-state index in [2.05, 4.69) is 0 Å². The zero-order valence-corrected chi connectivity index (χ0v) is 7.91. The number of aromatic nitrogens is 2. The van der Waals surface area contributed by atoms with E-state index in [-0.39, 0.29) is 5.02 Å². The van der Waals surface area contributed by atoms with Crippen molar-refractivity contribution < 1.29 is 9.90 Å². The van der Waals surface area contributed by atoms with Gasteiger partial charge in [-0.25, -0.2) is 9.59 Å². The lowest BCUT2D eigenvalue weighted by molar-refractivity contribution is -0.140. The first-order chi connectivity index (χ1) is 6.43. The Balaban J connectivity index is 3.37. The first kappa shape index (κ1) is 10.5. The number of hydrogen-bond acceptors (Lipinski definition) is 3. The maximum absolute atomic E-state index is 11.1. The fourth-order valence-electron chi connectivity index (χ4n) is 0.867. The normalized spacial score (nSPS) is 12.4. The standard InChI is InChI=1S/C7H7ClN2O4/c1-3(6(12)13)10-2-4(8)5(11)9-7(10)14/h2-3H,1H3,(H,12,13)(H,9,11,14)/t3-/m1/s1. The van der Waals surface area contributed by atoms with E-state index in [0.29, 0.717) is 0 Å². The van der Waals surface area contributed by atoms with Gasteiger partial charge in [-0.05, 0) is 6.92 Å². The SMILES string of the molecule is C[C@H](C(=O)O)n1cc(Cl)c(=O)[nH]c1=O. The van der Waals surface area contributed by atoms with E-state index < -0.39 is 23.3 Å². The first-order valence-electron chi connectivity index (χ1n) is 3.67. The highest BCUT2D eigenvalue weighted by atomic mass is 35.5. The Bertz CT molecular complexity index is 475. The van der Waals surface area contributed by atoms with Crippen molar-refractivity contribution in [3.05, 3.63) is 32.1 Å². The lowest BCUT2D eigenvalue weighted by Gasteiger charge is -2.08. The van der Waals surface area contributed by atoms with Crippen molar-refractivity contribution in [1.82, 2.24) is 9.55 Å². The topological polar surface area (TPSA) is 92.2 Å². The van der Waals surface area contributed by atoms with Gasteiger partial charge in [-0.1, -0.05) is 11.6 Å². The summed E-state index contributed by atoms with van der Waals surface area (Å²) >= 11 is 5.44. The molecule has 14 heavy (non-hydrogen) atoms. The van der Waals surface area contributed by atoms with Crippen LogP contribution in [-0.4, -0.2) is 20.6 Å². The molecule has 0 radical (unpaired) electrons. The second-order valence-corrected chi connectivity index (χ2v) is 3.06. The van der Waals surface area contributed by atoms with Gasteiger partial charge < -0.3 is 5.11 Å². The number of nitrogens with zero attached hydrogens (tertiary/aromatic N) is 1. The molecular weight excluding hydrogens is 212 g/mol. The van der Waals surface area contributed by atoms with E-state index >= 15 is 0 Å². The molecule has 7 heteroatoms. The second kappa shape index (κ2) is 3.67. The quantitative estimate of drug-likeness (QED) is 0.721. The van der Waals surface area contributed by atoms with Crippen LogP contribution in [0.5, 0.6) is 0 Å². The highest BCUT2D eigenvalue weighted by Crippen LogP contribution is 2.04. The molecule has 76 valence electrons. The number of H-pyrrole nitrogens is 1. The molecule has 2 N–H and O–H groups in total. The minimum atomic E-state index is -1.18. The molecular formula is C7H7ClN2O4. The second-order valence-electron chi connectivity index (χ2n) is 2.66. The van der Waals surface area contributed by atoms with Crippen molar-refractivity contribution in [2.75, 3.05) is 0 Å². The van der Waals surface area contributed by atoms with Crippen molar-refractivity contribution in [2.45, 2.75) is 13.0 Å². The largest absolute Gasteiger partial charge is 0.480 e. The molecule has 1 atom stereocenters. The number of carbonyl (C=O) groups is 1. The van der Waals surface area contributed by atoms with Crippen LogP contribution >= 0.6 is 11.6 Å². The van der Waals surface area contributed by atoms with Crippen LogP contribution in [0.3, 0.4) is 0 Å². The molecule has 0 saturated heterocycles. The molecule has 1 aromatic rings. The Morgan fingerprint density at radius 1 is 1.64 bits per heavy atom. The molecule has 0 fully saturated rings. The highest BCUT2D eigenvalue weighted by Gasteiger charge is 2.15. The molecule has 0 unspecified atom stereocenters. The summed E-state index contributed by atoms with van der Waals surface area (Å²) in [6.07, 6.45) is 1.00. The molecule has 6 nitrogen and oxygen atoms in total. The molecule has 0 amide bonds. The number of aromatic amines is 1. The van der Waals surface area contributed by atoms with Crippen molar-refractivity contribution >= 4 is 17.6 Å². The summed E-state index contributed by atoms with van der Waals surface area (Å²) in [6.45, 7) is 1.30. The van der Waals surface area contributed by atoms with Crippen LogP contribution in [-0.2, 0) is 4.79 Å². The van der Waals surface area contributed by atoms with Crippen molar-refractivity contribution in [2.24, 2.45) is 0 Å². The lowest BCUT2D eigenvalue weighted by Crippen LogP contribution is -2.34. The average molecular weight is 219 g/mol. The third-order valence-electron chi connectivity index (χ3n) is 1.70. The third-order valence-corrected chi connectivity index (χ3v) is 1.97. The van der Waals surface area contributed by atoms with Crippen LogP contribution < -0.4 is 11.2 Å². The van der Waals surface area contributed by atoms with Gasteiger partial charge in [-0.15, -0.1) is 0 Å². The smallest absolute Gasteiger partial charge is 0.329 e. The van der Waals surface area contributed by atoms with Gasteiger partial charge in [0.2, 0.25) is 0 Å². The number of halogens is 1. The van der Waals surface area contributed by atoms with Crippen LogP contribution in [0.25, 0.3) is 0 Å². The fourth-order valence-corrected chi connectivity index (χ4v) is 1.02. The maximum atomic E-state index is 11.1. The Hall–Kier alpha value is -1.56. The molecule has 0 aromatic carbocycles. The number of hydrogen-bond donors (Lipinski definition) is 2. The van der Waals surface area contributed by atoms with Crippen LogP contribution in [0.4, 0.5) is 0 Å². The van der Waals surface area contributed by atoms with Gasteiger partial charge in [-0.2, -0.15) is 0 Å². The zero-order chi connectivity index (χ0) is 10.9. The molecule has 0 aliphatic heterocycles. The van der Waals surface area contributed by atoms with Crippen LogP contribution in [0.15, 0.2) is 15.8 Å². The van der Waals surface area contributed by atoms with E-state index in [4.69, 9.17) is 16.7 Å². The fraction of sp³-hybridized carbons (Fsp3) is 0.286. The van der Waals surface area contributed by atoms with E-state index in [0.717, 1.165) is 10.8 Å².